The van der Waals surface area contributed by atoms with Crippen molar-refractivity contribution in [1.82, 2.24) is 15.2 Å². The van der Waals surface area contributed by atoms with Gasteiger partial charge in [-0.3, -0.25) is 9.89 Å². The Labute approximate surface area is 190 Å². The maximum atomic E-state index is 13.0. The number of hydrogen-bond acceptors (Lipinski definition) is 8. The Morgan fingerprint density at radius 3 is 2.75 bits per heavy atom. The summed E-state index contributed by atoms with van der Waals surface area (Å²) >= 11 is 1.41. The van der Waals surface area contributed by atoms with E-state index >= 15 is 0 Å². The summed E-state index contributed by atoms with van der Waals surface area (Å²) in [4.78, 5) is 22.0. The van der Waals surface area contributed by atoms with E-state index < -0.39 is 0 Å². The third kappa shape index (κ3) is 4.47. The maximum Gasteiger partial charge on any atom is 0.275 e. The van der Waals surface area contributed by atoms with Crippen LogP contribution in [-0.4, -0.2) is 71.7 Å². The Kier molecular flexibility index (Phi) is 6.06. The van der Waals surface area contributed by atoms with Crippen LogP contribution in [0.1, 0.15) is 23.3 Å². The van der Waals surface area contributed by atoms with E-state index in [0.29, 0.717) is 18.9 Å². The topological polar surface area (TPSA) is 107 Å². The highest BCUT2D eigenvalue weighted by molar-refractivity contribution is 7.13. The largest absolute Gasteiger partial charge is 0.393 e. The number of amides is 1. The zero-order valence-corrected chi connectivity index (χ0v) is 18.5. The van der Waals surface area contributed by atoms with Gasteiger partial charge >= 0.3 is 0 Å². The van der Waals surface area contributed by atoms with Crippen LogP contribution in [0.5, 0.6) is 0 Å². The highest BCUT2D eigenvalue weighted by atomic mass is 32.1. The lowest BCUT2D eigenvalue weighted by atomic mass is 10.1. The Balaban J connectivity index is 1.39. The van der Waals surface area contributed by atoms with Crippen LogP contribution < -0.4 is 15.1 Å². The number of ether oxygens (including phenoxy) is 1. The summed E-state index contributed by atoms with van der Waals surface area (Å²) < 4.78 is 5.48. The number of nitrogens with one attached hydrogen (secondary N) is 2. The predicted octanol–water partition coefficient (Wildman–Crippen LogP) is 2.58. The van der Waals surface area contributed by atoms with Gasteiger partial charge in [0.05, 0.1) is 36.9 Å². The Bertz CT molecular complexity index is 1060. The first kappa shape index (κ1) is 20.9. The van der Waals surface area contributed by atoms with E-state index in [1.165, 1.54) is 11.3 Å². The molecule has 2 aromatic heterocycles. The molecule has 168 valence electrons. The van der Waals surface area contributed by atoms with Crippen molar-refractivity contribution in [3.05, 3.63) is 41.7 Å². The third-order valence-corrected chi connectivity index (χ3v) is 6.78. The molecule has 0 radical (unpaired) electrons. The van der Waals surface area contributed by atoms with Crippen molar-refractivity contribution in [3.8, 4) is 10.6 Å². The van der Waals surface area contributed by atoms with Crippen LogP contribution >= 0.6 is 11.3 Å². The van der Waals surface area contributed by atoms with Crippen molar-refractivity contribution < 1.29 is 14.6 Å². The van der Waals surface area contributed by atoms with Gasteiger partial charge in [0, 0.05) is 49.0 Å². The van der Waals surface area contributed by atoms with Gasteiger partial charge < -0.3 is 25.0 Å². The lowest BCUT2D eigenvalue weighted by molar-refractivity contribution is 0.102. The summed E-state index contributed by atoms with van der Waals surface area (Å²) in [6, 6.07) is 6.14. The minimum atomic E-state index is -0.261. The summed E-state index contributed by atoms with van der Waals surface area (Å²) in [7, 11) is 0. The van der Waals surface area contributed by atoms with Crippen molar-refractivity contribution >= 4 is 34.3 Å². The van der Waals surface area contributed by atoms with E-state index in [0.717, 1.165) is 66.7 Å². The van der Waals surface area contributed by atoms with Gasteiger partial charge in [-0.1, -0.05) is 0 Å². The molecule has 9 nitrogen and oxygen atoms in total. The molecule has 4 heterocycles. The second kappa shape index (κ2) is 9.27. The van der Waals surface area contributed by atoms with Crippen LogP contribution in [0.4, 0.5) is 17.1 Å². The molecule has 1 aromatic carbocycles. The van der Waals surface area contributed by atoms with E-state index in [2.05, 4.69) is 36.4 Å². The molecule has 1 amide bonds. The molecule has 2 saturated heterocycles. The van der Waals surface area contributed by atoms with Gasteiger partial charge in [0.2, 0.25) is 0 Å². The minimum absolute atomic E-state index is 0.242. The highest BCUT2D eigenvalue weighted by Crippen LogP contribution is 2.34. The number of thiazole rings is 1. The zero-order chi connectivity index (χ0) is 21.9. The van der Waals surface area contributed by atoms with E-state index in [-0.39, 0.29) is 12.0 Å². The van der Waals surface area contributed by atoms with Crippen molar-refractivity contribution in [2.24, 2.45) is 0 Å². The predicted molar refractivity (Wildman–Crippen MR) is 125 cm³/mol. The number of carbonyl (C=O) groups is 1. The number of nitrogens with zero attached hydrogens (tertiary/aromatic N) is 4. The number of carbonyl (C=O) groups excluding carboxylic acids is 1. The number of piperidine rings is 1. The number of morpholine rings is 1. The number of rotatable bonds is 5. The van der Waals surface area contributed by atoms with Gasteiger partial charge in [0.15, 0.2) is 0 Å². The molecule has 32 heavy (non-hydrogen) atoms. The van der Waals surface area contributed by atoms with E-state index in [9.17, 15) is 9.90 Å². The molecule has 10 heteroatoms. The summed E-state index contributed by atoms with van der Waals surface area (Å²) in [6.45, 7) is 4.62. The van der Waals surface area contributed by atoms with Crippen molar-refractivity contribution in [2.45, 2.75) is 18.9 Å². The van der Waals surface area contributed by atoms with Gasteiger partial charge in [-0.25, -0.2) is 4.98 Å². The van der Waals surface area contributed by atoms with Crippen LogP contribution in [0.2, 0.25) is 0 Å². The molecule has 2 aliphatic rings. The quantitative estimate of drug-likeness (QED) is 0.544. The van der Waals surface area contributed by atoms with Gasteiger partial charge in [0.1, 0.15) is 10.7 Å². The van der Waals surface area contributed by atoms with Crippen molar-refractivity contribution in [2.75, 3.05) is 54.5 Å². The minimum Gasteiger partial charge on any atom is -0.393 e. The number of hydrogen-bond donors (Lipinski definition) is 3. The number of anilines is 3. The first-order chi connectivity index (χ1) is 15.7. The highest BCUT2D eigenvalue weighted by Gasteiger charge is 2.23. The summed E-state index contributed by atoms with van der Waals surface area (Å²) in [5.41, 5.74) is 4.07. The maximum absolute atomic E-state index is 13.0. The Morgan fingerprint density at radius 2 is 2.00 bits per heavy atom. The van der Waals surface area contributed by atoms with Gasteiger partial charge in [0.25, 0.3) is 5.91 Å². The molecule has 2 aliphatic heterocycles. The number of aromatic nitrogens is 3. The first-order valence-electron chi connectivity index (χ1n) is 10.8. The molecule has 3 aromatic rings. The molecule has 5 rings (SSSR count). The van der Waals surface area contributed by atoms with E-state index in [4.69, 9.17) is 4.74 Å². The zero-order valence-electron chi connectivity index (χ0n) is 17.7. The first-order valence-corrected chi connectivity index (χ1v) is 11.7. The number of aliphatic hydroxyl groups excluding tert-OH is 1. The fourth-order valence-corrected chi connectivity index (χ4v) is 4.86. The average Bonchev–Trinajstić information content (AvgIpc) is 3.53. The summed E-state index contributed by atoms with van der Waals surface area (Å²) in [5, 5.41) is 22.2. The molecule has 0 atom stereocenters. The summed E-state index contributed by atoms with van der Waals surface area (Å²) in [6.07, 6.45) is 4.62. The number of aromatic amines is 1. The number of H-pyrrole nitrogens is 1. The molecular weight excluding hydrogens is 428 g/mol. The smallest absolute Gasteiger partial charge is 0.275 e. The monoisotopic (exact) mass is 454 g/mol. The second-order valence-electron chi connectivity index (χ2n) is 8.00. The molecular formula is C22H26N6O3S. The van der Waals surface area contributed by atoms with Gasteiger partial charge in [-0.2, -0.15) is 5.10 Å². The van der Waals surface area contributed by atoms with Crippen LogP contribution in [-0.2, 0) is 4.74 Å². The number of benzene rings is 1. The molecule has 3 N–H and O–H groups in total. The van der Waals surface area contributed by atoms with E-state index in [1.54, 1.807) is 17.8 Å². The van der Waals surface area contributed by atoms with Crippen LogP contribution in [0.3, 0.4) is 0 Å². The molecule has 0 saturated carbocycles. The van der Waals surface area contributed by atoms with Crippen molar-refractivity contribution in [1.29, 1.82) is 0 Å². The fraction of sp³-hybridized carbons (Fsp3) is 0.409. The van der Waals surface area contributed by atoms with Crippen LogP contribution in [0.25, 0.3) is 10.6 Å². The van der Waals surface area contributed by atoms with Crippen LogP contribution in [0, 0.1) is 0 Å². The van der Waals surface area contributed by atoms with Gasteiger partial charge in [-0.05, 0) is 31.0 Å². The third-order valence-electron chi connectivity index (χ3n) is 5.89. The Morgan fingerprint density at radius 1 is 1.19 bits per heavy atom. The van der Waals surface area contributed by atoms with E-state index in [1.807, 2.05) is 12.1 Å². The molecule has 0 unspecified atom stereocenters. The van der Waals surface area contributed by atoms with Crippen molar-refractivity contribution in [3.63, 3.8) is 0 Å². The van der Waals surface area contributed by atoms with Gasteiger partial charge in [-0.15, -0.1) is 11.3 Å². The normalized spacial score (nSPS) is 17.5. The fourth-order valence-electron chi connectivity index (χ4n) is 4.08. The molecule has 0 bridgehead atoms. The summed E-state index contributed by atoms with van der Waals surface area (Å²) in [5.74, 6) is -0.242. The second-order valence-corrected chi connectivity index (χ2v) is 8.86. The lowest BCUT2D eigenvalue weighted by Gasteiger charge is -2.35. The average molecular weight is 455 g/mol. The number of aliphatic hydroxyl groups is 1. The van der Waals surface area contributed by atoms with Crippen LogP contribution in [0.15, 0.2) is 36.0 Å². The standard InChI is InChI=1S/C22H26N6O3S/c29-17-3-5-28(6-4-17)20-11-16(27-7-9-31-10-8-27)1-2-18(20)25-21(30)19-14-32-22(26-19)15-12-23-24-13-15/h1-2,11-14,17,29H,3-10H2,(H,23,24)(H,25,30). The SMILES string of the molecule is O=C(Nc1ccc(N2CCOCC2)cc1N1CCC(O)CC1)c1csc(-c2cn[nH]c2)n1. The molecule has 0 spiro atoms. The molecule has 2 fully saturated rings. The lowest BCUT2D eigenvalue weighted by Crippen LogP contribution is -2.38. The molecule has 0 aliphatic carbocycles. The Hall–Kier alpha value is -2.95.